The third-order valence-corrected chi connectivity index (χ3v) is 3.19. The first-order valence-electron chi connectivity index (χ1n) is 5.90. The Morgan fingerprint density at radius 3 is 2.88 bits per heavy atom. The van der Waals surface area contributed by atoms with Crippen LogP contribution in [0.4, 0.5) is 4.39 Å². The van der Waals surface area contributed by atoms with Crippen molar-refractivity contribution in [3.63, 3.8) is 0 Å². The first-order chi connectivity index (χ1) is 8.08. The molecule has 0 saturated heterocycles. The highest BCUT2D eigenvalue weighted by atomic mass is 19.1. The molecule has 1 N–H and O–H groups in total. The monoisotopic (exact) mass is 235 g/mol. The Bertz CT molecular complexity index is 504. The Balaban J connectivity index is 2.16. The minimum atomic E-state index is -0.211. The fourth-order valence-corrected chi connectivity index (χ4v) is 1.77. The Morgan fingerprint density at radius 2 is 2.18 bits per heavy atom. The number of likely N-dealkylation sites (N-methyl/N-ethyl adjacent to an activating group) is 1. The third kappa shape index (κ3) is 2.64. The number of benzene rings is 1. The van der Waals surface area contributed by atoms with E-state index in [1.807, 2.05) is 0 Å². The van der Waals surface area contributed by atoms with Gasteiger partial charge in [0.2, 0.25) is 0 Å². The van der Waals surface area contributed by atoms with E-state index in [1.54, 1.807) is 12.1 Å². The molecule has 0 saturated carbocycles. The minimum Gasteiger partial charge on any atom is -0.304 e. The number of hydrogen-bond acceptors (Lipinski definition) is 2. The lowest BCUT2D eigenvalue weighted by molar-refractivity contribution is 0.277. The summed E-state index contributed by atoms with van der Waals surface area (Å²) in [6.07, 6.45) is 0.856. The Morgan fingerprint density at radius 1 is 1.41 bits per heavy atom. The average molecular weight is 235 g/mol. The molecule has 2 aromatic rings. The minimum absolute atomic E-state index is 0.211. The predicted molar refractivity (Wildman–Crippen MR) is 67.5 cm³/mol. The molecule has 0 radical (unpaired) electrons. The molecule has 1 aromatic carbocycles. The van der Waals surface area contributed by atoms with Crippen LogP contribution in [0.2, 0.25) is 0 Å². The zero-order chi connectivity index (χ0) is 12.4. The summed E-state index contributed by atoms with van der Waals surface area (Å²) < 4.78 is 13.2. The van der Waals surface area contributed by atoms with Crippen molar-refractivity contribution in [1.29, 1.82) is 0 Å². The molecule has 1 aromatic heterocycles. The van der Waals surface area contributed by atoms with Crippen molar-refractivity contribution in [1.82, 2.24) is 15.1 Å². The third-order valence-electron chi connectivity index (χ3n) is 3.19. The quantitative estimate of drug-likeness (QED) is 0.883. The number of nitrogens with zero attached hydrogens (tertiary/aromatic N) is 2. The van der Waals surface area contributed by atoms with Crippen LogP contribution >= 0.6 is 0 Å². The molecule has 3 nitrogen and oxygen atoms in total. The van der Waals surface area contributed by atoms with E-state index in [1.165, 1.54) is 6.07 Å². The first kappa shape index (κ1) is 12.0. The maximum atomic E-state index is 13.2. The summed E-state index contributed by atoms with van der Waals surface area (Å²) in [5.74, 6) is -0.211. The molecule has 0 aliphatic heterocycles. The number of rotatable bonds is 4. The van der Waals surface area contributed by atoms with Gasteiger partial charge in [-0.1, -0.05) is 0 Å². The highest BCUT2D eigenvalue weighted by molar-refractivity contribution is 5.81. The van der Waals surface area contributed by atoms with Gasteiger partial charge >= 0.3 is 0 Å². The maximum absolute atomic E-state index is 13.2. The van der Waals surface area contributed by atoms with Crippen LogP contribution in [-0.2, 0) is 6.42 Å². The molecular weight excluding hydrogens is 217 g/mol. The van der Waals surface area contributed by atoms with E-state index in [-0.39, 0.29) is 5.82 Å². The summed E-state index contributed by atoms with van der Waals surface area (Å²) in [6.45, 7) is 5.25. The summed E-state index contributed by atoms with van der Waals surface area (Å²) in [6, 6.07) is 5.20. The van der Waals surface area contributed by atoms with Crippen molar-refractivity contribution in [3.8, 4) is 0 Å². The highest BCUT2D eigenvalue weighted by Crippen LogP contribution is 2.17. The van der Waals surface area contributed by atoms with Gasteiger partial charge in [0.1, 0.15) is 5.82 Å². The number of hydrogen-bond donors (Lipinski definition) is 1. The van der Waals surface area contributed by atoms with Crippen LogP contribution in [-0.4, -0.2) is 34.7 Å². The van der Waals surface area contributed by atoms with Crippen LogP contribution in [0, 0.1) is 5.82 Å². The van der Waals surface area contributed by atoms with Crippen LogP contribution in [0.3, 0.4) is 0 Å². The molecule has 2 rings (SSSR count). The second-order valence-electron chi connectivity index (χ2n) is 4.69. The van der Waals surface area contributed by atoms with Crippen molar-refractivity contribution in [2.75, 3.05) is 13.6 Å². The smallest absolute Gasteiger partial charge is 0.124 e. The SMILES string of the molecule is CC(C)N(C)CCc1[nH]nc2ccc(F)cc12. The van der Waals surface area contributed by atoms with Gasteiger partial charge in [0.15, 0.2) is 0 Å². The van der Waals surface area contributed by atoms with Gasteiger partial charge in [-0.3, -0.25) is 5.10 Å². The lowest BCUT2D eigenvalue weighted by atomic mass is 10.1. The van der Waals surface area contributed by atoms with E-state index in [2.05, 4.69) is 36.0 Å². The molecule has 0 fully saturated rings. The predicted octanol–water partition coefficient (Wildman–Crippen LogP) is 2.58. The van der Waals surface area contributed by atoms with Crippen molar-refractivity contribution in [2.24, 2.45) is 0 Å². The molecule has 0 unspecified atom stereocenters. The van der Waals surface area contributed by atoms with Gasteiger partial charge < -0.3 is 4.90 Å². The maximum Gasteiger partial charge on any atom is 0.124 e. The van der Waals surface area contributed by atoms with Gasteiger partial charge in [-0.25, -0.2) is 4.39 Å². The zero-order valence-corrected chi connectivity index (χ0v) is 10.5. The van der Waals surface area contributed by atoms with E-state index in [9.17, 15) is 4.39 Å². The summed E-state index contributed by atoms with van der Waals surface area (Å²) >= 11 is 0. The number of halogens is 1. The van der Waals surface area contributed by atoms with Crippen LogP contribution in [0.25, 0.3) is 10.9 Å². The van der Waals surface area contributed by atoms with E-state index in [0.29, 0.717) is 6.04 Å². The van der Waals surface area contributed by atoms with Crippen LogP contribution in [0.1, 0.15) is 19.5 Å². The first-order valence-corrected chi connectivity index (χ1v) is 5.90. The molecule has 17 heavy (non-hydrogen) atoms. The van der Waals surface area contributed by atoms with Crippen molar-refractivity contribution in [2.45, 2.75) is 26.3 Å². The summed E-state index contributed by atoms with van der Waals surface area (Å²) in [7, 11) is 2.09. The molecule has 0 bridgehead atoms. The van der Waals surface area contributed by atoms with Crippen LogP contribution in [0.15, 0.2) is 18.2 Å². The topological polar surface area (TPSA) is 31.9 Å². The van der Waals surface area contributed by atoms with E-state index >= 15 is 0 Å². The Labute approximate surface area is 101 Å². The van der Waals surface area contributed by atoms with Gasteiger partial charge in [-0.05, 0) is 39.1 Å². The average Bonchev–Trinajstić information content (AvgIpc) is 2.68. The number of aromatic nitrogens is 2. The second-order valence-corrected chi connectivity index (χ2v) is 4.69. The van der Waals surface area contributed by atoms with Crippen molar-refractivity contribution >= 4 is 10.9 Å². The molecule has 0 aliphatic carbocycles. The van der Waals surface area contributed by atoms with E-state index in [0.717, 1.165) is 29.6 Å². The van der Waals surface area contributed by atoms with E-state index in [4.69, 9.17) is 0 Å². The molecule has 0 spiro atoms. The number of fused-ring (bicyclic) bond motifs is 1. The molecular formula is C13H18FN3. The van der Waals surface area contributed by atoms with Crippen molar-refractivity contribution < 1.29 is 4.39 Å². The zero-order valence-electron chi connectivity index (χ0n) is 10.5. The molecule has 0 aliphatic rings. The lowest BCUT2D eigenvalue weighted by Crippen LogP contribution is -2.28. The van der Waals surface area contributed by atoms with Gasteiger partial charge in [0.05, 0.1) is 5.52 Å². The van der Waals surface area contributed by atoms with Gasteiger partial charge in [0, 0.05) is 30.1 Å². The van der Waals surface area contributed by atoms with Gasteiger partial charge in [0.25, 0.3) is 0 Å². The molecule has 1 heterocycles. The standard InChI is InChI=1S/C13H18FN3/c1-9(2)17(3)7-6-13-11-8-10(14)4-5-12(11)15-16-13/h4-5,8-9H,6-7H2,1-3H3,(H,15,16). The number of H-pyrrole nitrogens is 1. The van der Waals surface area contributed by atoms with Gasteiger partial charge in [-0.15, -0.1) is 0 Å². The largest absolute Gasteiger partial charge is 0.304 e. The summed E-state index contributed by atoms with van der Waals surface area (Å²) in [5.41, 5.74) is 1.83. The lowest BCUT2D eigenvalue weighted by Gasteiger charge is -2.20. The highest BCUT2D eigenvalue weighted by Gasteiger charge is 2.08. The Kier molecular flexibility index (Phi) is 3.43. The van der Waals surface area contributed by atoms with E-state index < -0.39 is 0 Å². The molecule has 0 amide bonds. The molecule has 0 atom stereocenters. The van der Waals surface area contributed by atoms with Crippen molar-refractivity contribution in [3.05, 3.63) is 29.7 Å². The van der Waals surface area contributed by atoms with Gasteiger partial charge in [-0.2, -0.15) is 5.10 Å². The fourth-order valence-electron chi connectivity index (χ4n) is 1.77. The molecule has 92 valence electrons. The van der Waals surface area contributed by atoms with Crippen LogP contribution in [0.5, 0.6) is 0 Å². The number of aromatic amines is 1. The normalized spacial score (nSPS) is 11.9. The molecule has 4 heteroatoms. The fraction of sp³-hybridized carbons (Fsp3) is 0.462. The summed E-state index contributed by atoms with van der Waals surface area (Å²) in [4.78, 5) is 2.26. The summed E-state index contributed by atoms with van der Waals surface area (Å²) in [5, 5.41) is 8.06. The number of nitrogens with one attached hydrogen (secondary N) is 1. The second kappa shape index (κ2) is 4.84. The van der Waals surface area contributed by atoms with Crippen LogP contribution < -0.4 is 0 Å². The Hall–Kier alpha value is -1.42.